The number of carbonyl (C=O) groups is 1. The number of carbonyl (C=O) groups excluding carboxylic acids is 1. The lowest BCUT2D eigenvalue weighted by molar-refractivity contribution is -0.114. The van der Waals surface area contributed by atoms with Gasteiger partial charge in [0, 0.05) is 13.0 Å². The van der Waals surface area contributed by atoms with Crippen LogP contribution in [0.25, 0.3) is 0 Å². The molecule has 0 aliphatic heterocycles. The van der Waals surface area contributed by atoms with E-state index in [4.69, 9.17) is 9.47 Å². The molecule has 0 saturated carbocycles. The van der Waals surface area contributed by atoms with Crippen LogP contribution in [-0.4, -0.2) is 25.1 Å². The maximum absolute atomic E-state index is 10.7. The lowest BCUT2D eigenvalue weighted by Crippen LogP contribution is -2.07. The number of aromatic nitrogens is 1. The second-order valence-corrected chi connectivity index (χ2v) is 2.61. The molecular weight excluding hydrogens is 184 g/mol. The van der Waals surface area contributed by atoms with E-state index in [1.165, 1.54) is 27.3 Å². The van der Waals surface area contributed by atoms with E-state index in [0.29, 0.717) is 17.3 Å². The Kier molecular flexibility index (Phi) is 3.28. The normalized spacial score (nSPS) is 9.36. The zero-order valence-corrected chi connectivity index (χ0v) is 8.33. The van der Waals surface area contributed by atoms with Gasteiger partial charge in [0.15, 0.2) is 11.5 Å². The number of nitrogens with zero attached hydrogens (tertiary/aromatic N) is 1. The summed E-state index contributed by atoms with van der Waals surface area (Å²) in [4.78, 5) is 14.7. The van der Waals surface area contributed by atoms with Gasteiger partial charge < -0.3 is 14.8 Å². The minimum Gasteiger partial charge on any atom is -0.493 e. The van der Waals surface area contributed by atoms with E-state index in [1.54, 1.807) is 6.07 Å². The van der Waals surface area contributed by atoms with E-state index in [9.17, 15) is 4.79 Å². The molecule has 0 aliphatic carbocycles. The number of anilines is 1. The molecule has 0 unspecified atom stereocenters. The zero-order valence-electron chi connectivity index (χ0n) is 8.33. The minimum atomic E-state index is -0.176. The maximum Gasteiger partial charge on any atom is 0.222 e. The highest BCUT2D eigenvalue weighted by molar-refractivity contribution is 5.87. The van der Waals surface area contributed by atoms with E-state index in [1.807, 2.05) is 0 Å². The molecular formula is C9H12N2O3. The first kappa shape index (κ1) is 10.3. The molecule has 0 saturated heterocycles. The minimum absolute atomic E-state index is 0.176. The number of rotatable bonds is 3. The van der Waals surface area contributed by atoms with Crippen LogP contribution in [0.3, 0.4) is 0 Å². The van der Waals surface area contributed by atoms with E-state index < -0.39 is 0 Å². The second-order valence-electron chi connectivity index (χ2n) is 2.61. The van der Waals surface area contributed by atoms with Crippen LogP contribution >= 0.6 is 0 Å². The summed E-state index contributed by atoms with van der Waals surface area (Å²) in [5, 5.41) is 2.55. The van der Waals surface area contributed by atoms with Crippen LogP contribution in [0.4, 0.5) is 5.82 Å². The third-order valence-electron chi connectivity index (χ3n) is 1.58. The molecule has 0 bridgehead atoms. The summed E-state index contributed by atoms with van der Waals surface area (Å²) >= 11 is 0. The lowest BCUT2D eigenvalue weighted by Gasteiger charge is -2.08. The molecule has 1 N–H and O–H groups in total. The van der Waals surface area contributed by atoms with Crippen molar-refractivity contribution in [2.75, 3.05) is 19.5 Å². The summed E-state index contributed by atoms with van der Waals surface area (Å²) in [6.07, 6.45) is 1.49. The van der Waals surface area contributed by atoms with Crippen molar-refractivity contribution in [2.45, 2.75) is 6.92 Å². The van der Waals surface area contributed by atoms with Gasteiger partial charge in [-0.25, -0.2) is 4.98 Å². The summed E-state index contributed by atoms with van der Waals surface area (Å²) in [5.41, 5.74) is 0. The highest BCUT2D eigenvalue weighted by Crippen LogP contribution is 2.27. The van der Waals surface area contributed by atoms with Gasteiger partial charge in [-0.05, 0) is 0 Å². The highest BCUT2D eigenvalue weighted by Gasteiger charge is 2.05. The van der Waals surface area contributed by atoms with Gasteiger partial charge in [-0.1, -0.05) is 0 Å². The Labute approximate surface area is 82.0 Å². The molecule has 0 fully saturated rings. The third kappa shape index (κ3) is 2.35. The Bertz CT molecular complexity index is 339. The van der Waals surface area contributed by atoms with Crippen LogP contribution in [0.15, 0.2) is 12.3 Å². The average Bonchev–Trinajstić information content (AvgIpc) is 2.16. The average molecular weight is 196 g/mol. The number of nitrogens with one attached hydrogen (secondary N) is 1. The largest absolute Gasteiger partial charge is 0.493 e. The number of amides is 1. The summed E-state index contributed by atoms with van der Waals surface area (Å²) in [7, 11) is 3.05. The van der Waals surface area contributed by atoms with Crippen LogP contribution in [0.1, 0.15) is 6.92 Å². The molecule has 0 radical (unpaired) electrons. The quantitative estimate of drug-likeness (QED) is 0.785. The van der Waals surface area contributed by atoms with Gasteiger partial charge in [0.05, 0.1) is 20.4 Å². The highest BCUT2D eigenvalue weighted by atomic mass is 16.5. The van der Waals surface area contributed by atoms with E-state index in [0.717, 1.165) is 0 Å². The van der Waals surface area contributed by atoms with Crippen molar-refractivity contribution in [1.29, 1.82) is 0 Å². The molecule has 1 rings (SSSR count). The van der Waals surface area contributed by atoms with Crippen LogP contribution in [0, 0.1) is 0 Å². The van der Waals surface area contributed by atoms with Crippen LogP contribution in [0.5, 0.6) is 11.5 Å². The summed E-state index contributed by atoms with van der Waals surface area (Å²) in [6.45, 7) is 1.42. The molecule has 5 heteroatoms. The Morgan fingerprint density at radius 1 is 1.36 bits per heavy atom. The number of ether oxygens (including phenoxy) is 2. The van der Waals surface area contributed by atoms with Crippen molar-refractivity contribution in [2.24, 2.45) is 0 Å². The fourth-order valence-electron chi connectivity index (χ4n) is 0.986. The first-order valence-corrected chi connectivity index (χ1v) is 4.03. The number of pyridine rings is 1. The first-order chi connectivity index (χ1) is 6.67. The van der Waals surface area contributed by atoms with Gasteiger partial charge in [-0.2, -0.15) is 0 Å². The van der Waals surface area contributed by atoms with Gasteiger partial charge in [0.2, 0.25) is 5.91 Å². The van der Waals surface area contributed by atoms with E-state index in [-0.39, 0.29) is 5.91 Å². The lowest BCUT2D eigenvalue weighted by atomic mass is 10.4. The van der Waals surface area contributed by atoms with Crippen LogP contribution in [-0.2, 0) is 4.79 Å². The van der Waals surface area contributed by atoms with Crippen molar-refractivity contribution >= 4 is 11.7 Å². The van der Waals surface area contributed by atoms with Crippen LogP contribution in [0.2, 0.25) is 0 Å². The summed E-state index contributed by atoms with van der Waals surface area (Å²) in [5.74, 6) is 1.33. The smallest absolute Gasteiger partial charge is 0.222 e. The SMILES string of the molecule is COc1cnc(NC(C)=O)cc1OC. The van der Waals surface area contributed by atoms with Gasteiger partial charge in [0.1, 0.15) is 5.82 Å². The summed E-state index contributed by atoms with van der Waals surface area (Å²) < 4.78 is 10.0. The predicted molar refractivity (Wildman–Crippen MR) is 51.6 cm³/mol. The Balaban J connectivity index is 2.95. The third-order valence-corrected chi connectivity index (χ3v) is 1.58. The molecule has 14 heavy (non-hydrogen) atoms. The number of hydrogen-bond donors (Lipinski definition) is 1. The van der Waals surface area contributed by atoms with Crippen molar-refractivity contribution < 1.29 is 14.3 Å². The van der Waals surface area contributed by atoms with Gasteiger partial charge in [0.25, 0.3) is 0 Å². The zero-order chi connectivity index (χ0) is 10.6. The Hall–Kier alpha value is -1.78. The van der Waals surface area contributed by atoms with Gasteiger partial charge in [-0.15, -0.1) is 0 Å². The van der Waals surface area contributed by atoms with Crippen molar-refractivity contribution in [3.8, 4) is 11.5 Å². The predicted octanol–water partition coefficient (Wildman–Crippen LogP) is 1.06. The number of methoxy groups -OCH3 is 2. The van der Waals surface area contributed by atoms with Crippen molar-refractivity contribution in [1.82, 2.24) is 4.98 Å². The monoisotopic (exact) mass is 196 g/mol. The molecule has 76 valence electrons. The molecule has 1 heterocycles. The first-order valence-electron chi connectivity index (χ1n) is 4.03. The van der Waals surface area contributed by atoms with E-state index in [2.05, 4.69) is 10.3 Å². The van der Waals surface area contributed by atoms with Gasteiger partial charge >= 0.3 is 0 Å². The van der Waals surface area contributed by atoms with Crippen molar-refractivity contribution in [3.63, 3.8) is 0 Å². The molecule has 0 spiro atoms. The molecule has 1 aromatic heterocycles. The second kappa shape index (κ2) is 4.45. The van der Waals surface area contributed by atoms with Crippen LogP contribution < -0.4 is 14.8 Å². The number of hydrogen-bond acceptors (Lipinski definition) is 4. The standard InChI is InChI=1S/C9H12N2O3/c1-6(12)11-9-4-7(13-2)8(14-3)5-10-9/h4-5H,1-3H3,(H,10,11,12). The molecule has 0 aliphatic rings. The Morgan fingerprint density at radius 3 is 2.50 bits per heavy atom. The fraction of sp³-hybridized carbons (Fsp3) is 0.333. The molecule has 0 aromatic carbocycles. The summed E-state index contributed by atoms with van der Waals surface area (Å²) in [6, 6.07) is 1.60. The molecule has 1 amide bonds. The van der Waals surface area contributed by atoms with Gasteiger partial charge in [-0.3, -0.25) is 4.79 Å². The van der Waals surface area contributed by atoms with E-state index >= 15 is 0 Å². The molecule has 0 atom stereocenters. The van der Waals surface area contributed by atoms with Crippen molar-refractivity contribution in [3.05, 3.63) is 12.3 Å². The molecule has 1 aromatic rings. The topological polar surface area (TPSA) is 60.5 Å². The Morgan fingerprint density at radius 2 is 2.00 bits per heavy atom. The maximum atomic E-state index is 10.7. The fourth-order valence-corrected chi connectivity index (χ4v) is 0.986. The molecule has 5 nitrogen and oxygen atoms in total.